The van der Waals surface area contributed by atoms with E-state index in [9.17, 15) is 4.79 Å². The molecule has 3 aromatic rings. The second-order valence-corrected chi connectivity index (χ2v) is 9.97. The molecule has 0 aliphatic carbocycles. The van der Waals surface area contributed by atoms with Crippen molar-refractivity contribution in [3.05, 3.63) is 66.5 Å². The van der Waals surface area contributed by atoms with Gasteiger partial charge in [-0.05, 0) is 46.9 Å². The normalized spacial score (nSPS) is 12.4. The van der Waals surface area contributed by atoms with Crippen LogP contribution in [-0.4, -0.2) is 32.0 Å². The zero-order valence-electron chi connectivity index (χ0n) is 24.2. The van der Waals surface area contributed by atoms with E-state index in [0.717, 1.165) is 33.4 Å². The first-order chi connectivity index (χ1) is 17.7. The fraction of sp³-hybridized carbons (Fsp3) is 0.484. The van der Waals surface area contributed by atoms with Crippen LogP contribution < -0.4 is 16.5 Å². The minimum absolute atomic E-state index is 0.126. The number of fused-ring (bicyclic) bond motifs is 1. The molecule has 5 nitrogen and oxygen atoms in total. The minimum Gasteiger partial charge on any atom is -0.437 e. The van der Waals surface area contributed by atoms with Crippen molar-refractivity contribution < 1.29 is 9.45 Å². The van der Waals surface area contributed by atoms with Crippen LogP contribution in [0.2, 0.25) is 0 Å². The van der Waals surface area contributed by atoms with Crippen LogP contribution in [-0.2, 0) is 9.45 Å². The number of pyridine rings is 1. The molecule has 2 atom stereocenters. The van der Waals surface area contributed by atoms with E-state index < -0.39 is 5.92 Å². The molecule has 0 bridgehead atoms. The van der Waals surface area contributed by atoms with E-state index in [2.05, 4.69) is 44.9 Å². The number of nitrogens with two attached hydrogens (primary N) is 1. The number of aromatic nitrogens is 1. The highest BCUT2D eigenvalue weighted by Crippen LogP contribution is 2.29. The van der Waals surface area contributed by atoms with Crippen LogP contribution in [0.3, 0.4) is 0 Å². The summed E-state index contributed by atoms with van der Waals surface area (Å²) in [6.45, 7) is 15.9. The molecular weight excluding hydrogens is 457 g/mol. The second-order valence-electron chi connectivity index (χ2n) is 9.97. The van der Waals surface area contributed by atoms with Gasteiger partial charge in [0.05, 0.1) is 5.92 Å². The van der Waals surface area contributed by atoms with Gasteiger partial charge >= 0.3 is 7.48 Å². The molecule has 0 aliphatic rings. The van der Waals surface area contributed by atoms with Gasteiger partial charge in [0, 0.05) is 37.1 Å². The van der Waals surface area contributed by atoms with Crippen LogP contribution >= 0.6 is 0 Å². The predicted octanol–water partition coefficient (Wildman–Crippen LogP) is 6.69. The number of hydrogen-bond donors (Lipinski definition) is 2. The van der Waals surface area contributed by atoms with Crippen LogP contribution in [0.1, 0.15) is 79.2 Å². The van der Waals surface area contributed by atoms with Gasteiger partial charge < -0.3 is 15.7 Å². The van der Waals surface area contributed by atoms with Crippen LogP contribution in [0.4, 0.5) is 5.69 Å². The maximum Gasteiger partial charge on any atom is 0.329 e. The van der Waals surface area contributed by atoms with Crippen LogP contribution in [0.15, 0.2) is 60.9 Å². The van der Waals surface area contributed by atoms with Gasteiger partial charge in [0.1, 0.15) is 0 Å². The lowest BCUT2D eigenvalue weighted by molar-refractivity contribution is -0.117. The molecule has 1 radical (unpaired) electrons. The number of nitrogens with one attached hydrogen (secondary N) is 1. The zero-order chi connectivity index (χ0) is 27.8. The third kappa shape index (κ3) is 11.1. The summed E-state index contributed by atoms with van der Waals surface area (Å²) in [6, 6.07) is 15.2. The fourth-order valence-electron chi connectivity index (χ4n) is 3.96. The second kappa shape index (κ2) is 16.9. The van der Waals surface area contributed by atoms with Crippen LogP contribution in [0, 0.1) is 11.3 Å². The molecule has 0 saturated carbocycles. The number of carbonyl (C=O) groups is 1. The molecule has 37 heavy (non-hydrogen) atoms. The number of rotatable bonds is 10. The lowest BCUT2D eigenvalue weighted by Crippen LogP contribution is -2.28. The maximum atomic E-state index is 12.7. The van der Waals surface area contributed by atoms with Crippen LogP contribution in [0.5, 0.6) is 0 Å². The average molecular weight is 505 g/mol. The number of hydrogen-bond acceptors (Lipinski definition) is 4. The Morgan fingerprint density at radius 2 is 1.76 bits per heavy atom. The van der Waals surface area contributed by atoms with Crippen molar-refractivity contribution in [2.75, 3.05) is 19.0 Å². The predicted molar refractivity (Wildman–Crippen MR) is 160 cm³/mol. The maximum absolute atomic E-state index is 12.7. The molecule has 1 aromatic heterocycles. The average Bonchev–Trinajstić information content (AvgIpc) is 2.91. The Labute approximate surface area is 225 Å². The molecule has 3 N–H and O–H groups in total. The molecule has 2 aromatic carbocycles. The van der Waals surface area contributed by atoms with Gasteiger partial charge in [0.25, 0.3) is 0 Å². The van der Waals surface area contributed by atoms with E-state index in [-0.39, 0.29) is 12.5 Å². The molecule has 6 heteroatoms. The molecular formula is C31H47BN3O2. The van der Waals surface area contributed by atoms with Crippen molar-refractivity contribution in [2.24, 2.45) is 17.1 Å². The summed E-state index contributed by atoms with van der Waals surface area (Å²) in [7, 11) is 3.24. The van der Waals surface area contributed by atoms with Gasteiger partial charge in [-0.2, -0.15) is 0 Å². The Hall–Kier alpha value is -2.70. The van der Waals surface area contributed by atoms with Gasteiger partial charge in [0.2, 0.25) is 5.91 Å². The van der Waals surface area contributed by atoms with Crippen molar-refractivity contribution in [1.29, 1.82) is 0 Å². The number of amides is 1. The van der Waals surface area contributed by atoms with Crippen molar-refractivity contribution in [3.63, 3.8) is 0 Å². The summed E-state index contributed by atoms with van der Waals surface area (Å²) >= 11 is 0. The zero-order valence-corrected chi connectivity index (χ0v) is 24.2. The van der Waals surface area contributed by atoms with E-state index in [4.69, 9.17) is 10.4 Å². The van der Waals surface area contributed by atoms with Gasteiger partial charge in [-0.1, -0.05) is 97.1 Å². The van der Waals surface area contributed by atoms with Gasteiger partial charge in [-0.25, -0.2) is 0 Å². The largest absolute Gasteiger partial charge is 0.437 e. The molecule has 0 saturated heterocycles. The Balaban J connectivity index is 0.000000483. The van der Waals surface area contributed by atoms with Crippen molar-refractivity contribution in [1.82, 2.24) is 4.98 Å². The number of anilines is 1. The molecule has 1 amide bonds. The Kier molecular flexibility index (Phi) is 14.8. The van der Waals surface area contributed by atoms with Crippen molar-refractivity contribution >= 4 is 35.3 Å². The first-order valence-electron chi connectivity index (χ1n) is 13.5. The van der Waals surface area contributed by atoms with Crippen LogP contribution in [0.25, 0.3) is 10.8 Å². The van der Waals surface area contributed by atoms with E-state index in [1.54, 1.807) is 27.0 Å². The number of carbonyl (C=O) groups excluding carboxylic acids is 1. The first-order valence-corrected chi connectivity index (χ1v) is 13.5. The van der Waals surface area contributed by atoms with E-state index >= 15 is 0 Å². The SMILES string of the molecule is CC.CCC(C)CC(C)(C)CC.CO[B]c1ccc(C(CN)C(=O)Nc2ccc3cnccc3c2)cc1. The highest BCUT2D eigenvalue weighted by Gasteiger charge is 2.19. The lowest BCUT2D eigenvalue weighted by atomic mass is 9.80. The first kappa shape index (κ1) is 32.3. The standard InChI is InChI=1S/C19H19BN3O2.C10H22.C2H6/c1-25-20-16-5-2-13(3-6-16)18(11-21)19(24)23-17-7-4-15-12-22-9-8-14(15)10-17;1-6-9(3)8-10(4,5)7-2;1-2/h2-10,12,18H,11,21H2,1H3,(H,23,24);9H,6-8H2,1-5H3;1-2H3. The monoisotopic (exact) mass is 504 g/mol. The highest BCUT2D eigenvalue weighted by atomic mass is 16.4. The van der Waals surface area contributed by atoms with E-state index in [1.807, 2.05) is 62.4 Å². The summed E-state index contributed by atoms with van der Waals surface area (Å²) < 4.78 is 4.98. The van der Waals surface area contributed by atoms with E-state index in [0.29, 0.717) is 5.41 Å². The molecule has 201 valence electrons. The summed E-state index contributed by atoms with van der Waals surface area (Å²) in [6.07, 6.45) is 7.53. The smallest absolute Gasteiger partial charge is 0.329 e. The van der Waals surface area contributed by atoms with Gasteiger partial charge in [-0.3, -0.25) is 9.78 Å². The minimum atomic E-state index is -0.412. The lowest BCUT2D eigenvalue weighted by Gasteiger charge is -2.25. The van der Waals surface area contributed by atoms with E-state index in [1.165, 1.54) is 19.3 Å². The third-order valence-electron chi connectivity index (χ3n) is 6.61. The summed E-state index contributed by atoms with van der Waals surface area (Å²) in [5.41, 5.74) is 8.96. The molecule has 0 aliphatic heterocycles. The summed E-state index contributed by atoms with van der Waals surface area (Å²) in [5, 5.41) is 5.00. The molecule has 0 fully saturated rings. The molecule has 3 rings (SSSR count). The number of benzene rings is 2. The quantitative estimate of drug-likeness (QED) is 0.302. The summed E-state index contributed by atoms with van der Waals surface area (Å²) in [4.78, 5) is 16.7. The highest BCUT2D eigenvalue weighted by molar-refractivity contribution is 6.46. The molecule has 0 spiro atoms. The Bertz CT molecular complexity index is 1050. The Morgan fingerprint density at radius 3 is 2.32 bits per heavy atom. The number of nitrogens with zero attached hydrogens (tertiary/aromatic N) is 1. The molecule has 1 heterocycles. The molecule has 2 unspecified atom stereocenters. The van der Waals surface area contributed by atoms with Gasteiger partial charge in [0.15, 0.2) is 0 Å². The summed E-state index contributed by atoms with van der Waals surface area (Å²) in [5.74, 6) is 0.360. The fourth-order valence-corrected chi connectivity index (χ4v) is 3.96. The topological polar surface area (TPSA) is 77.2 Å². The third-order valence-corrected chi connectivity index (χ3v) is 6.61. The van der Waals surface area contributed by atoms with Crippen molar-refractivity contribution in [3.8, 4) is 0 Å². The Morgan fingerprint density at radius 1 is 1.08 bits per heavy atom. The van der Waals surface area contributed by atoms with Crippen molar-refractivity contribution in [2.45, 2.75) is 73.6 Å². The van der Waals surface area contributed by atoms with Gasteiger partial charge in [-0.15, -0.1) is 0 Å².